The van der Waals surface area contributed by atoms with Crippen LogP contribution in [0.2, 0.25) is 0 Å². The zero-order chi connectivity index (χ0) is 16.8. The summed E-state index contributed by atoms with van der Waals surface area (Å²) in [5.41, 5.74) is 0.328. The second-order valence-corrected chi connectivity index (χ2v) is 6.63. The predicted octanol–water partition coefficient (Wildman–Crippen LogP) is 1.52. The molecule has 0 aliphatic rings. The number of ether oxygens (including phenoxy) is 1. The maximum Gasteiger partial charge on any atom is 0.337 e. The fourth-order valence-corrected chi connectivity index (χ4v) is 3.15. The smallest absolute Gasteiger partial charge is 0.337 e. The molecule has 0 heterocycles. The number of hydrogen-bond acceptors (Lipinski definition) is 5. The van der Waals surface area contributed by atoms with Crippen molar-refractivity contribution in [1.82, 2.24) is 4.72 Å². The fraction of sp³-hybridized carbons (Fsp3) is 0.500. The summed E-state index contributed by atoms with van der Waals surface area (Å²) in [4.78, 5) is 11.2. The third-order valence-corrected chi connectivity index (χ3v) is 4.46. The van der Waals surface area contributed by atoms with E-state index in [0.717, 1.165) is 12.5 Å². The molecule has 0 bridgehead atoms. The molecule has 8 heteroatoms. The number of carboxylic acids is 1. The van der Waals surface area contributed by atoms with E-state index < -0.39 is 22.0 Å². The van der Waals surface area contributed by atoms with Gasteiger partial charge in [0.2, 0.25) is 10.0 Å². The monoisotopic (exact) mass is 330 g/mol. The van der Waals surface area contributed by atoms with Crippen molar-refractivity contribution in [2.24, 2.45) is 0 Å². The van der Waals surface area contributed by atoms with Crippen LogP contribution in [0.5, 0.6) is 0 Å². The van der Waals surface area contributed by atoms with Gasteiger partial charge in [-0.3, -0.25) is 0 Å². The van der Waals surface area contributed by atoms with E-state index in [2.05, 4.69) is 10.0 Å². The Morgan fingerprint density at radius 2 is 2.09 bits per heavy atom. The van der Waals surface area contributed by atoms with Gasteiger partial charge in [0.15, 0.2) is 0 Å². The van der Waals surface area contributed by atoms with Gasteiger partial charge in [-0.15, -0.1) is 0 Å². The van der Waals surface area contributed by atoms with Crippen LogP contribution in [0, 0.1) is 0 Å². The molecule has 22 heavy (non-hydrogen) atoms. The number of nitrogens with one attached hydrogen (secondary N) is 2. The first kappa shape index (κ1) is 18.4. The molecule has 0 fully saturated rings. The molecule has 0 saturated carbocycles. The molecule has 1 atom stereocenters. The third-order valence-electron chi connectivity index (χ3n) is 2.87. The van der Waals surface area contributed by atoms with Crippen LogP contribution >= 0.6 is 0 Å². The molecule has 0 aliphatic carbocycles. The first-order chi connectivity index (χ1) is 10.3. The molecule has 1 aromatic carbocycles. The minimum Gasteiger partial charge on any atom is -0.478 e. The van der Waals surface area contributed by atoms with Crippen LogP contribution in [0.25, 0.3) is 0 Å². The number of rotatable bonds is 9. The lowest BCUT2D eigenvalue weighted by Gasteiger charge is -2.15. The number of methoxy groups -OCH3 is 1. The lowest BCUT2D eigenvalue weighted by molar-refractivity contribution is 0.0697. The fourth-order valence-electron chi connectivity index (χ4n) is 1.90. The summed E-state index contributed by atoms with van der Waals surface area (Å²) in [6.45, 7) is 4.44. The molecule has 1 rings (SSSR count). The Hall–Kier alpha value is -1.64. The van der Waals surface area contributed by atoms with Gasteiger partial charge in [0.1, 0.15) is 0 Å². The van der Waals surface area contributed by atoms with Gasteiger partial charge in [-0.2, -0.15) is 0 Å². The number of anilines is 1. The molecular formula is C14H22N2O5S. The van der Waals surface area contributed by atoms with Crippen molar-refractivity contribution in [1.29, 1.82) is 0 Å². The Morgan fingerprint density at radius 3 is 2.64 bits per heavy atom. The van der Waals surface area contributed by atoms with Gasteiger partial charge < -0.3 is 15.2 Å². The molecule has 0 aromatic heterocycles. The van der Waals surface area contributed by atoms with Crippen molar-refractivity contribution >= 4 is 21.7 Å². The zero-order valence-corrected chi connectivity index (χ0v) is 13.7. The topological polar surface area (TPSA) is 105 Å². The Balaban J connectivity index is 3.10. The molecule has 124 valence electrons. The van der Waals surface area contributed by atoms with Gasteiger partial charge in [-0.25, -0.2) is 17.9 Å². The zero-order valence-electron chi connectivity index (χ0n) is 12.9. The molecule has 0 aliphatic heterocycles. The Kier molecular flexibility index (Phi) is 6.79. The molecule has 0 saturated heterocycles. The first-order valence-electron chi connectivity index (χ1n) is 6.94. The van der Waals surface area contributed by atoms with E-state index in [4.69, 9.17) is 4.74 Å². The summed E-state index contributed by atoms with van der Waals surface area (Å²) >= 11 is 0. The van der Waals surface area contributed by atoms with Crippen LogP contribution < -0.4 is 10.0 Å². The Labute approximate surface area is 130 Å². The van der Waals surface area contributed by atoms with Crippen LogP contribution in [0.3, 0.4) is 0 Å². The van der Waals surface area contributed by atoms with Gasteiger partial charge in [-0.1, -0.05) is 6.92 Å². The van der Waals surface area contributed by atoms with E-state index in [9.17, 15) is 18.3 Å². The second-order valence-electron chi connectivity index (χ2n) is 4.92. The molecule has 3 N–H and O–H groups in total. The highest BCUT2D eigenvalue weighted by Gasteiger charge is 2.20. The summed E-state index contributed by atoms with van der Waals surface area (Å²) in [6.07, 6.45) is 0.829. The van der Waals surface area contributed by atoms with Crippen molar-refractivity contribution < 1.29 is 23.1 Å². The minimum atomic E-state index is -3.80. The van der Waals surface area contributed by atoms with E-state index in [0.29, 0.717) is 12.2 Å². The standard InChI is InChI=1S/C14H22N2O5S/c1-4-7-15-13-6-5-11(8-12(13)14(17)18)22(19,20)16-10(2)9-21-3/h5-6,8,10,15-16H,4,7,9H2,1-3H3,(H,17,18)/t10-/m0/s1. The van der Waals surface area contributed by atoms with Crippen LogP contribution in [-0.2, 0) is 14.8 Å². The van der Waals surface area contributed by atoms with Crippen LogP contribution in [0.1, 0.15) is 30.6 Å². The van der Waals surface area contributed by atoms with Crippen molar-refractivity contribution in [3.63, 3.8) is 0 Å². The number of aromatic carboxylic acids is 1. The molecule has 1 aromatic rings. The summed E-state index contributed by atoms with van der Waals surface area (Å²) in [5, 5.41) is 12.2. The van der Waals surface area contributed by atoms with Crippen molar-refractivity contribution in [2.45, 2.75) is 31.2 Å². The maximum atomic E-state index is 12.2. The predicted molar refractivity (Wildman–Crippen MR) is 83.8 cm³/mol. The highest BCUT2D eigenvalue weighted by atomic mass is 32.2. The summed E-state index contributed by atoms with van der Waals surface area (Å²) in [7, 11) is -2.32. The van der Waals surface area contributed by atoms with Gasteiger partial charge >= 0.3 is 5.97 Å². The van der Waals surface area contributed by atoms with Crippen molar-refractivity contribution in [3.8, 4) is 0 Å². The van der Waals surface area contributed by atoms with Crippen molar-refractivity contribution in [2.75, 3.05) is 25.6 Å². The third kappa shape index (κ3) is 4.97. The highest BCUT2D eigenvalue weighted by molar-refractivity contribution is 7.89. The van der Waals surface area contributed by atoms with Crippen LogP contribution in [-0.4, -0.2) is 45.8 Å². The first-order valence-corrected chi connectivity index (χ1v) is 8.42. The Morgan fingerprint density at radius 1 is 1.41 bits per heavy atom. The summed E-state index contributed by atoms with van der Waals surface area (Å²) < 4.78 is 31.8. The second kappa shape index (κ2) is 8.11. The van der Waals surface area contributed by atoms with Gasteiger partial charge in [0, 0.05) is 25.4 Å². The summed E-state index contributed by atoms with van der Waals surface area (Å²) in [5.74, 6) is -1.18. The van der Waals surface area contributed by atoms with Gasteiger partial charge in [-0.05, 0) is 31.5 Å². The molecule has 0 spiro atoms. The SMILES string of the molecule is CCCNc1ccc(S(=O)(=O)N[C@@H](C)COC)cc1C(=O)O. The maximum absolute atomic E-state index is 12.2. The van der Waals surface area contributed by atoms with E-state index in [1.54, 1.807) is 6.92 Å². The number of carbonyl (C=O) groups is 1. The number of benzene rings is 1. The van der Waals surface area contributed by atoms with E-state index in [1.165, 1.54) is 19.2 Å². The normalized spacial score (nSPS) is 12.9. The largest absolute Gasteiger partial charge is 0.478 e. The molecule has 0 radical (unpaired) electrons. The molecular weight excluding hydrogens is 308 g/mol. The van der Waals surface area contributed by atoms with Gasteiger partial charge in [0.25, 0.3) is 0 Å². The lowest BCUT2D eigenvalue weighted by atomic mass is 10.2. The van der Waals surface area contributed by atoms with Gasteiger partial charge in [0.05, 0.1) is 17.1 Å². The van der Waals surface area contributed by atoms with Crippen LogP contribution in [0.4, 0.5) is 5.69 Å². The number of hydrogen-bond donors (Lipinski definition) is 3. The molecule has 0 amide bonds. The lowest BCUT2D eigenvalue weighted by Crippen LogP contribution is -2.35. The average molecular weight is 330 g/mol. The van der Waals surface area contributed by atoms with E-state index >= 15 is 0 Å². The quantitative estimate of drug-likeness (QED) is 0.634. The summed E-state index contributed by atoms with van der Waals surface area (Å²) in [6, 6.07) is 3.59. The minimum absolute atomic E-state index is 0.0734. The Bertz CT molecular complexity index is 616. The highest BCUT2D eigenvalue weighted by Crippen LogP contribution is 2.21. The van der Waals surface area contributed by atoms with Crippen molar-refractivity contribution in [3.05, 3.63) is 23.8 Å². The molecule has 7 nitrogen and oxygen atoms in total. The number of sulfonamides is 1. The molecule has 0 unspecified atom stereocenters. The van der Waals surface area contributed by atoms with Crippen LogP contribution in [0.15, 0.2) is 23.1 Å². The van der Waals surface area contributed by atoms with E-state index in [-0.39, 0.29) is 17.1 Å². The average Bonchev–Trinajstić information content (AvgIpc) is 2.44. The van der Waals surface area contributed by atoms with E-state index in [1.807, 2.05) is 6.92 Å². The number of carboxylic acid groups (broad SMARTS) is 1.